The Labute approximate surface area is 174 Å². The first-order valence-corrected chi connectivity index (χ1v) is 10.9. The molecule has 0 atom stereocenters. The van der Waals surface area contributed by atoms with Gasteiger partial charge in [-0.2, -0.15) is 9.61 Å². The van der Waals surface area contributed by atoms with Crippen molar-refractivity contribution in [2.24, 2.45) is 0 Å². The molecule has 0 aliphatic heterocycles. The van der Waals surface area contributed by atoms with Crippen LogP contribution in [-0.4, -0.2) is 28.6 Å². The van der Waals surface area contributed by atoms with Crippen molar-refractivity contribution < 1.29 is 8.42 Å². The van der Waals surface area contributed by atoms with E-state index in [2.05, 4.69) is 20.1 Å². The number of anilines is 2. The monoisotopic (exact) mass is 441 g/mol. The predicted octanol–water partition coefficient (Wildman–Crippen LogP) is 4.42. The molecule has 2 aromatic heterocycles. The van der Waals surface area contributed by atoms with Gasteiger partial charge in [-0.15, -0.1) is 0 Å². The molecule has 0 aliphatic rings. The second-order valence-electron chi connectivity index (χ2n) is 7.28. The number of aromatic nitrogens is 3. The predicted molar refractivity (Wildman–Crippen MR) is 112 cm³/mol. The first-order chi connectivity index (χ1) is 13.0. The Bertz CT molecular complexity index is 1140. The summed E-state index contributed by atoms with van der Waals surface area (Å²) in [6.07, 6.45) is 1.95. The molecule has 0 aliphatic carbocycles. The molecule has 0 bridgehead atoms. The largest absolute Gasteiger partial charge is 0.339 e. The zero-order chi connectivity index (χ0) is 20.7. The molecule has 3 rings (SSSR count). The molecule has 150 valence electrons. The highest BCUT2D eigenvalue weighted by molar-refractivity contribution is 7.89. The average Bonchev–Trinajstić information content (AvgIpc) is 2.97. The number of nitrogens with zero attached hydrogens (tertiary/aromatic N) is 3. The summed E-state index contributed by atoms with van der Waals surface area (Å²) in [6, 6.07) is 6.90. The summed E-state index contributed by atoms with van der Waals surface area (Å²) in [7, 11) is -3.82. The smallest absolute Gasteiger partial charge is 0.246 e. The molecule has 0 fully saturated rings. The van der Waals surface area contributed by atoms with Gasteiger partial charge in [0.1, 0.15) is 10.7 Å². The molecule has 0 saturated heterocycles. The summed E-state index contributed by atoms with van der Waals surface area (Å²) in [5.74, 6) is 0.515. The van der Waals surface area contributed by atoms with Crippen molar-refractivity contribution >= 4 is 50.4 Å². The van der Waals surface area contributed by atoms with Gasteiger partial charge in [-0.1, -0.05) is 36.2 Å². The van der Waals surface area contributed by atoms with Crippen LogP contribution in [-0.2, 0) is 16.4 Å². The van der Waals surface area contributed by atoms with Gasteiger partial charge in [-0.25, -0.2) is 18.1 Å². The quantitative estimate of drug-likeness (QED) is 0.611. The minimum absolute atomic E-state index is 0.0748. The maximum atomic E-state index is 13.0. The Morgan fingerprint density at radius 3 is 2.54 bits per heavy atom. The number of fused-ring (bicyclic) bond motifs is 1. The van der Waals surface area contributed by atoms with Gasteiger partial charge < -0.3 is 5.32 Å². The van der Waals surface area contributed by atoms with Crippen LogP contribution in [0.1, 0.15) is 33.4 Å². The minimum atomic E-state index is -3.82. The number of rotatable bonds is 5. The van der Waals surface area contributed by atoms with Crippen LogP contribution in [0.4, 0.5) is 11.5 Å². The van der Waals surface area contributed by atoms with Crippen molar-refractivity contribution in [1.29, 1.82) is 0 Å². The molecule has 2 heterocycles. The third-order valence-corrected chi connectivity index (χ3v) is 6.46. The lowest BCUT2D eigenvalue weighted by Crippen LogP contribution is -2.40. The van der Waals surface area contributed by atoms with Crippen LogP contribution >= 0.6 is 23.2 Å². The molecule has 0 saturated carbocycles. The average molecular weight is 442 g/mol. The van der Waals surface area contributed by atoms with Crippen LogP contribution in [0, 0.1) is 0 Å². The van der Waals surface area contributed by atoms with Crippen LogP contribution in [0.15, 0.2) is 35.4 Å². The van der Waals surface area contributed by atoms with Gasteiger partial charge in [-0.3, -0.25) is 0 Å². The summed E-state index contributed by atoms with van der Waals surface area (Å²) in [4.78, 5) is 4.35. The highest BCUT2D eigenvalue weighted by atomic mass is 35.5. The molecule has 2 N–H and O–H groups in total. The lowest BCUT2D eigenvalue weighted by molar-refractivity contribution is 0.491. The fourth-order valence-corrected chi connectivity index (χ4v) is 4.89. The first kappa shape index (κ1) is 20.9. The number of halogens is 2. The van der Waals surface area contributed by atoms with Crippen LogP contribution < -0.4 is 10.0 Å². The van der Waals surface area contributed by atoms with Gasteiger partial charge >= 0.3 is 0 Å². The lowest BCUT2D eigenvalue weighted by atomic mass is 10.1. The van der Waals surface area contributed by atoms with E-state index in [-0.39, 0.29) is 10.5 Å². The zero-order valence-corrected chi connectivity index (χ0v) is 18.2. The highest BCUT2D eigenvalue weighted by Gasteiger charge is 2.30. The Hall–Kier alpha value is -1.87. The van der Waals surface area contributed by atoms with E-state index in [0.717, 1.165) is 0 Å². The van der Waals surface area contributed by atoms with Gasteiger partial charge in [0.25, 0.3) is 0 Å². The lowest BCUT2D eigenvalue weighted by Gasteiger charge is -2.20. The summed E-state index contributed by atoms with van der Waals surface area (Å²) in [6.45, 7) is 7.19. The van der Waals surface area contributed by atoms with Crippen molar-refractivity contribution in [2.75, 3.05) is 5.32 Å². The van der Waals surface area contributed by atoms with E-state index in [1.165, 1.54) is 10.7 Å². The van der Waals surface area contributed by atoms with Crippen molar-refractivity contribution in [2.45, 2.75) is 44.6 Å². The number of sulfonamides is 1. The summed E-state index contributed by atoms with van der Waals surface area (Å²) >= 11 is 12.3. The van der Waals surface area contributed by atoms with E-state index < -0.39 is 15.6 Å². The SMILES string of the molecule is CCc1nn2c(Nc3cccc(Cl)c3Cl)ccnc2c1S(=O)(=O)NC(C)(C)C. The van der Waals surface area contributed by atoms with E-state index in [4.69, 9.17) is 23.2 Å². The Balaban J connectivity index is 2.17. The number of nitrogens with one attached hydrogen (secondary N) is 2. The Morgan fingerprint density at radius 1 is 1.18 bits per heavy atom. The van der Waals surface area contributed by atoms with Crippen molar-refractivity contribution in [1.82, 2.24) is 19.3 Å². The van der Waals surface area contributed by atoms with Crippen molar-refractivity contribution in [3.63, 3.8) is 0 Å². The van der Waals surface area contributed by atoms with Crippen molar-refractivity contribution in [3.05, 3.63) is 46.2 Å². The summed E-state index contributed by atoms with van der Waals surface area (Å²) < 4.78 is 30.2. The molecule has 1 aromatic carbocycles. The van der Waals surface area contributed by atoms with Gasteiger partial charge in [0.05, 0.1) is 21.4 Å². The maximum Gasteiger partial charge on any atom is 0.246 e. The topological polar surface area (TPSA) is 88.4 Å². The number of hydrogen-bond acceptors (Lipinski definition) is 5. The second kappa shape index (κ2) is 7.51. The van der Waals surface area contributed by atoms with Gasteiger partial charge in [0, 0.05) is 11.7 Å². The number of benzene rings is 1. The van der Waals surface area contributed by atoms with Crippen LogP contribution in [0.5, 0.6) is 0 Å². The molecular formula is C18H21Cl2N5O2S. The Kier molecular flexibility index (Phi) is 5.60. The van der Waals surface area contributed by atoms with E-state index in [0.29, 0.717) is 33.7 Å². The molecular weight excluding hydrogens is 421 g/mol. The summed E-state index contributed by atoms with van der Waals surface area (Å²) in [5.41, 5.74) is 0.599. The highest BCUT2D eigenvalue weighted by Crippen LogP contribution is 2.32. The number of aryl methyl sites for hydroxylation is 1. The second-order valence-corrected chi connectivity index (χ2v) is 9.68. The van der Waals surface area contributed by atoms with Gasteiger partial charge in [0.2, 0.25) is 10.0 Å². The molecule has 10 heteroatoms. The maximum absolute atomic E-state index is 13.0. The van der Waals surface area contributed by atoms with Crippen LogP contribution in [0.25, 0.3) is 5.65 Å². The standard InChI is InChI=1S/C18H21Cl2N5O2S/c1-5-12-16(28(26,27)24-18(2,3)4)17-21-10-9-14(25(17)23-12)22-13-8-6-7-11(19)15(13)20/h6-10,22,24H,5H2,1-4H3. The van der Waals surface area contributed by atoms with E-state index in [9.17, 15) is 8.42 Å². The molecule has 0 amide bonds. The van der Waals surface area contributed by atoms with E-state index in [1.807, 2.05) is 6.92 Å². The zero-order valence-electron chi connectivity index (χ0n) is 15.9. The Morgan fingerprint density at radius 2 is 1.89 bits per heavy atom. The van der Waals surface area contributed by atoms with Gasteiger partial charge in [-0.05, 0) is 45.4 Å². The fraction of sp³-hybridized carbons (Fsp3) is 0.333. The third-order valence-electron chi connectivity index (χ3n) is 3.80. The number of hydrogen-bond donors (Lipinski definition) is 2. The minimum Gasteiger partial charge on any atom is -0.339 e. The third kappa shape index (κ3) is 4.10. The molecule has 0 unspecified atom stereocenters. The first-order valence-electron chi connectivity index (χ1n) is 8.65. The van der Waals surface area contributed by atoms with Gasteiger partial charge in [0.15, 0.2) is 5.65 Å². The molecule has 0 radical (unpaired) electrons. The molecule has 0 spiro atoms. The van der Waals surface area contributed by atoms with Crippen LogP contribution in [0.3, 0.4) is 0 Å². The van der Waals surface area contributed by atoms with Crippen molar-refractivity contribution in [3.8, 4) is 0 Å². The van der Waals surface area contributed by atoms with Crippen LogP contribution in [0.2, 0.25) is 10.0 Å². The summed E-state index contributed by atoms with van der Waals surface area (Å²) in [5, 5.41) is 8.39. The van der Waals surface area contributed by atoms with E-state index >= 15 is 0 Å². The molecule has 3 aromatic rings. The van der Waals surface area contributed by atoms with E-state index in [1.54, 1.807) is 45.0 Å². The fourth-order valence-electron chi connectivity index (χ4n) is 2.76. The molecule has 28 heavy (non-hydrogen) atoms. The molecule has 7 nitrogen and oxygen atoms in total. The normalized spacial score (nSPS) is 12.5.